The largest absolute Gasteiger partial charge is 0.103 e. The second-order valence-corrected chi connectivity index (χ2v) is 9.69. The van der Waals surface area contributed by atoms with E-state index in [1.165, 1.54) is 76.6 Å². The Balaban J connectivity index is 1.81. The van der Waals surface area contributed by atoms with Gasteiger partial charge in [0.25, 0.3) is 0 Å². The van der Waals surface area contributed by atoms with Crippen molar-refractivity contribution < 1.29 is 0 Å². The minimum Gasteiger partial charge on any atom is -0.103 e. The second-order valence-electron chi connectivity index (χ2n) is 9.69. The van der Waals surface area contributed by atoms with Crippen molar-refractivity contribution in [2.75, 3.05) is 0 Å². The van der Waals surface area contributed by atoms with E-state index < -0.39 is 0 Å². The van der Waals surface area contributed by atoms with Crippen LogP contribution in [-0.2, 0) is 11.8 Å². The molecule has 4 rings (SSSR count). The van der Waals surface area contributed by atoms with Crippen LogP contribution < -0.4 is 0 Å². The molecule has 0 aromatic heterocycles. The highest BCUT2D eigenvalue weighted by Gasteiger charge is 2.44. The molecule has 0 radical (unpaired) electrons. The summed E-state index contributed by atoms with van der Waals surface area (Å²) in [5, 5.41) is 0. The third kappa shape index (κ3) is 4.20. The topological polar surface area (TPSA) is 0 Å². The molecule has 0 spiro atoms. The molecule has 0 heteroatoms. The summed E-state index contributed by atoms with van der Waals surface area (Å²) >= 11 is 0. The molecule has 3 aromatic rings. The van der Waals surface area contributed by atoms with Crippen LogP contribution in [0.15, 0.2) is 73.3 Å². The van der Waals surface area contributed by atoms with Crippen LogP contribution in [0.3, 0.4) is 0 Å². The molecule has 0 unspecified atom stereocenters. The third-order valence-electron chi connectivity index (χ3n) is 7.29. The minimum atomic E-state index is -0.0769. The van der Waals surface area contributed by atoms with Gasteiger partial charge in [0, 0.05) is 5.41 Å². The number of hydrogen-bond donors (Lipinski definition) is 0. The van der Waals surface area contributed by atoms with Gasteiger partial charge in [-0.3, -0.25) is 0 Å². The van der Waals surface area contributed by atoms with Gasteiger partial charge in [0.1, 0.15) is 0 Å². The minimum absolute atomic E-state index is 0.0769. The summed E-state index contributed by atoms with van der Waals surface area (Å²) in [6.45, 7) is 10.7. The lowest BCUT2D eigenvalue weighted by molar-refractivity contribution is 0.547. The zero-order valence-electron chi connectivity index (χ0n) is 20.2. The van der Waals surface area contributed by atoms with Crippen molar-refractivity contribution in [2.45, 2.75) is 77.6 Å². The summed E-state index contributed by atoms with van der Waals surface area (Å²) in [5.74, 6) is 0. The van der Waals surface area contributed by atoms with Crippen LogP contribution >= 0.6 is 0 Å². The van der Waals surface area contributed by atoms with E-state index in [4.69, 9.17) is 0 Å². The van der Waals surface area contributed by atoms with Gasteiger partial charge in [-0.15, -0.1) is 6.58 Å². The van der Waals surface area contributed by atoms with E-state index in [2.05, 4.69) is 94.1 Å². The second kappa shape index (κ2) is 9.90. The molecule has 1 aliphatic carbocycles. The zero-order chi connectivity index (χ0) is 22.6. The molecule has 0 bridgehead atoms. The molecule has 166 valence electrons. The molecule has 1 aliphatic rings. The van der Waals surface area contributed by atoms with Crippen LogP contribution in [0.1, 0.15) is 85.3 Å². The Bertz CT molecular complexity index is 1020. The molecule has 0 heterocycles. The number of aryl methyl sites for hydroxylation is 3. The van der Waals surface area contributed by atoms with Gasteiger partial charge < -0.3 is 0 Å². The summed E-state index contributed by atoms with van der Waals surface area (Å²) in [6, 6.07) is 23.7. The average molecular weight is 423 g/mol. The highest BCUT2D eigenvalue weighted by Crippen LogP contribution is 2.55. The van der Waals surface area contributed by atoms with E-state index >= 15 is 0 Å². The first-order chi connectivity index (χ1) is 15.6. The van der Waals surface area contributed by atoms with Gasteiger partial charge in [-0.1, -0.05) is 104 Å². The molecule has 0 saturated heterocycles. The number of allylic oxidation sites excluding steroid dienone is 1. The Morgan fingerprint density at radius 1 is 0.750 bits per heavy atom. The van der Waals surface area contributed by atoms with E-state index in [0.29, 0.717) is 0 Å². The Hall–Kier alpha value is -2.60. The first-order valence-corrected chi connectivity index (χ1v) is 12.5. The fourth-order valence-electron chi connectivity index (χ4n) is 5.59. The first kappa shape index (κ1) is 22.6. The van der Waals surface area contributed by atoms with Crippen molar-refractivity contribution in [2.24, 2.45) is 0 Å². The van der Waals surface area contributed by atoms with Gasteiger partial charge in [0.2, 0.25) is 0 Å². The standard InChI is InChI=1S/C32H38/c1-5-7-9-10-12-26-15-17-27(18-16-26)32(21-11-8-6-2)30-22-24(3)13-19-28(30)29-20-14-25(4)23-31(29)32/h6,13-20,22-23H,2,5,7-12,21H2,1,3-4H3. The molecular weight excluding hydrogens is 384 g/mol. The van der Waals surface area contributed by atoms with Crippen LogP contribution in [0, 0.1) is 13.8 Å². The number of hydrogen-bond acceptors (Lipinski definition) is 0. The van der Waals surface area contributed by atoms with E-state index in [9.17, 15) is 0 Å². The maximum Gasteiger partial charge on any atom is 0.0463 e. The summed E-state index contributed by atoms with van der Waals surface area (Å²) in [5.41, 5.74) is 11.3. The first-order valence-electron chi connectivity index (χ1n) is 12.5. The quantitative estimate of drug-likeness (QED) is 0.226. The Kier molecular flexibility index (Phi) is 6.99. The SMILES string of the molecule is C=CCCCC1(c2ccc(CCCCCC)cc2)c2cc(C)ccc2-c2ccc(C)cc21. The van der Waals surface area contributed by atoms with Crippen molar-refractivity contribution in [1.29, 1.82) is 0 Å². The van der Waals surface area contributed by atoms with Crippen LogP contribution in [0.2, 0.25) is 0 Å². The predicted molar refractivity (Wildman–Crippen MR) is 140 cm³/mol. The summed E-state index contributed by atoms with van der Waals surface area (Å²) in [4.78, 5) is 0. The molecule has 0 atom stereocenters. The molecule has 32 heavy (non-hydrogen) atoms. The molecule has 0 saturated carbocycles. The van der Waals surface area contributed by atoms with Gasteiger partial charge in [-0.05, 0) is 79.3 Å². The van der Waals surface area contributed by atoms with Crippen molar-refractivity contribution in [3.63, 3.8) is 0 Å². The van der Waals surface area contributed by atoms with E-state index in [1.54, 1.807) is 0 Å². The Labute approximate surface area is 195 Å². The smallest absolute Gasteiger partial charge is 0.0463 e. The summed E-state index contributed by atoms with van der Waals surface area (Å²) in [6.07, 6.45) is 11.8. The third-order valence-corrected chi connectivity index (χ3v) is 7.29. The van der Waals surface area contributed by atoms with Crippen LogP contribution in [0.5, 0.6) is 0 Å². The fourth-order valence-corrected chi connectivity index (χ4v) is 5.59. The molecular formula is C32H38. The van der Waals surface area contributed by atoms with Gasteiger partial charge in [0.15, 0.2) is 0 Å². The molecule has 0 nitrogen and oxygen atoms in total. The van der Waals surface area contributed by atoms with E-state index in [0.717, 1.165) is 19.3 Å². The number of benzene rings is 3. The van der Waals surface area contributed by atoms with Gasteiger partial charge in [0.05, 0.1) is 0 Å². The zero-order valence-corrected chi connectivity index (χ0v) is 20.2. The van der Waals surface area contributed by atoms with Crippen molar-refractivity contribution in [3.8, 4) is 11.1 Å². The number of rotatable bonds is 10. The number of fused-ring (bicyclic) bond motifs is 3. The van der Waals surface area contributed by atoms with Crippen molar-refractivity contribution >= 4 is 0 Å². The molecule has 3 aromatic carbocycles. The molecule has 0 amide bonds. The van der Waals surface area contributed by atoms with Gasteiger partial charge >= 0.3 is 0 Å². The Morgan fingerprint density at radius 3 is 1.94 bits per heavy atom. The lowest BCUT2D eigenvalue weighted by atomic mass is 9.68. The van der Waals surface area contributed by atoms with E-state index in [1.807, 2.05) is 0 Å². The highest BCUT2D eigenvalue weighted by molar-refractivity contribution is 5.84. The van der Waals surface area contributed by atoms with Gasteiger partial charge in [-0.2, -0.15) is 0 Å². The fraction of sp³-hybridized carbons (Fsp3) is 0.375. The lowest BCUT2D eigenvalue weighted by Gasteiger charge is -2.34. The van der Waals surface area contributed by atoms with Crippen LogP contribution in [0.25, 0.3) is 11.1 Å². The predicted octanol–water partition coefficient (Wildman–Crippen LogP) is 9.10. The average Bonchev–Trinajstić information content (AvgIpc) is 3.06. The van der Waals surface area contributed by atoms with Crippen LogP contribution in [0.4, 0.5) is 0 Å². The monoisotopic (exact) mass is 422 g/mol. The number of unbranched alkanes of at least 4 members (excludes halogenated alkanes) is 4. The molecule has 0 fully saturated rings. The van der Waals surface area contributed by atoms with Gasteiger partial charge in [-0.25, -0.2) is 0 Å². The summed E-state index contributed by atoms with van der Waals surface area (Å²) in [7, 11) is 0. The maximum absolute atomic E-state index is 3.99. The lowest BCUT2D eigenvalue weighted by Crippen LogP contribution is -2.27. The maximum atomic E-state index is 3.99. The molecule has 0 N–H and O–H groups in total. The molecule has 0 aliphatic heterocycles. The van der Waals surface area contributed by atoms with Crippen molar-refractivity contribution in [3.05, 3.63) is 107 Å². The van der Waals surface area contributed by atoms with Crippen LogP contribution in [-0.4, -0.2) is 0 Å². The Morgan fingerprint density at radius 2 is 1.38 bits per heavy atom. The highest BCUT2D eigenvalue weighted by atomic mass is 14.5. The normalized spacial score (nSPS) is 13.6. The van der Waals surface area contributed by atoms with E-state index in [-0.39, 0.29) is 5.41 Å². The van der Waals surface area contributed by atoms with Crippen molar-refractivity contribution in [1.82, 2.24) is 0 Å². The summed E-state index contributed by atoms with van der Waals surface area (Å²) < 4.78 is 0.